The minimum absolute atomic E-state index is 0.157. The van der Waals surface area contributed by atoms with Crippen LogP contribution >= 0.6 is 0 Å². The molecular weight excluding hydrogens is 498 g/mol. The van der Waals surface area contributed by atoms with Crippen LogP contribution in [0.15, 0.2) is 109 Å². The van der Waals surface area contributed by atoms with E-state index in [4.69, 9.17) is 5.73 Å². The van der Waals surface area contributed by atoms with Gasteiger partial charge in [0.2, 0.25) is 5.91 Å². The van der Waals surface area contributed by atoms with E-state index < -0.39 is 5.91 Å². The monoisotopic (exact) mass is 533 g/mol. The normalized spacial score (nSPS) is 14.5. The molecule has 3 amide bonds. The van der Waals surface area contributed by atoms with Crippen LogP contribution in [0.3, 0.4) is 0 Å². The molecule has 4 aromatic carbocycles. The molecule has 4 N–H and O–H groups in total. The summed E-state index contributed by atoms with van der Waals surface area (Å²) in [6.07, 6.45) is 0. The van der Waals surface area contributed by atoms with Crippen LogP contribution in [0.25, 0.3) is 0 Å². The van der Waals surface area contributed by atoms with Crippen LogP contribution in [-0.4, -0.2) is 43.0 Å². The van der Waals surface area contributed by atoms with Crippen molar-refractivity contribution in [2.75, 3.05) is 36.4 Å². The molecule has 1 heterocycles. The second-order valence-electron chi connectivity index (χ2n) is 10.1. The summed E-state index contributed by atoms with van der Waals surface area (Å²) >= 11 is 0. The lowest BCUT2D eigenvalue weighted by atomic mass is 9.96. The Morgan fingerprint density at radius 1 is 0.725 bits per heavy atom. The van der Waals surface area contributed by atoms with Crippen LogP contribution < -0.4 is 21.3 Å². The molecule has 1 aliphatic heterocycles. The Kier molecular flexibility index (Phi) is 8.42. The van der Waals surface area contributed by atoms with Crippen LogP contribution in [-0.2, 0) is 0 Å². The highest BCUT2D eigenvalue weighted by molar-refractivity contribution is 5.99. The molecule has 1 atom stereocenters. The van der Waals surface area contributed by atoms with E-state index >= 15 is 0 Å². The van der Waals surface area contributed by atoms with Crippen molar-refractivity contribution >= 4 is 23.3 Å². The van der Waals surface area contributed by atoms with Crippen molar-refractivity contribution in [2.24, 2.45) is 5.73 Å². The second-order valence-corrected chi connectivity index (χ2v) is 10.1. The van der Waals surface area contributed by atoms with E-state index in [0.29, 0.717) is 11.3 Å². The molecule has 1 aliphatic rings. The number of amides is 3. The van der Waals surface area contributed by atoms with E-state index in [1.807, 2.05) is 55.5 Å². The van der Waals surface area contributed by atoms with Crippen LogP contribution in [0.2, 0.25) is 0 Å². The second kappa shape index (κ2) is 12.5. The van der Waals surface area contributed by atoms with Crippen molar-refractivity contribution < 1.29 is 9.59 Å². The fourth-order valence-corrected chi connectivity index (χ4v) is 5.35. The summed E-state index contributed by atoms with van der Waals surface area (Å²) in [6, 6.07) is 35.8. The number of nitrogens with zero attached hydrogens (tertiary/aromatic N) is 2. The zero-order valence-corrected chi connectivity index (χ0v) is 22.7. The molecule has 1 fully saturated rings. The number of carbonyl (C=O) groups is 2. The average molecular weight is 534 g/mol. The van der Waals surface area contributed by atoms with E-state index in [1.165, 1.54) is 11.1 Å². The Morgan fingerprint density at radius 3 is 1.77 bits per heavy atom. The number of piperazine rings is 1. The summed E-state index contributed by atoms with van der Waals surface area (Å²) in [7, 11) is 0. The number of hydrogen-bond donors (Lipinski definition) is 3. The zero-order valence-electron chi connectivity index (χ0n) is 22.7. The van der Waals surface area contributed by atoms with Gasteiger partial charge in [-0.15, -0.1) is 0 Å². The summed E-state index contributed by atoms with van der Waals surface area (Å²) in [5.41, 5.74) is 10.9. The number of primary amides is 1. The van der Waals surface area contributed by atoms with Gasteiger partial charge in [-0.25, -0.2) is 4.79 Å². The first kappa shape index (κ1) is 27.0. The molecule has 40 heavy (non-hydrogen) atoms. The number of benzene rings is 4. The molecule has 204 valence electrons. The van der Waals surface area contributed by atoms with Gasteiger partial charge < -0.3 is 21.3 Å². The Morgan fingerprint density at radius 2 is 1.25 bits per heavy atom. The highest BCUT2D eigenvalue weighted by Crippen LogP contribution is 2.33. The summed E-state index contributed by atoms with van der Waals surface area (Å²) in [5.74, 6) is -0.536. The van der Waals surface area contributed by atoms with Gasteiger partial charge in [-0.2, -0.15) is 0 Å². The van der Waals surface area contributed by atoms with E-state index in [0.717, 1.165) is 37.4 Å². The van der Waals surface area contributed by atoms with Gasteiger partial charge in [-0.05, 0) is 41.8 Å². The van der Waals surface area contributed by atoms with E-state index in [9.17, 15) is 9.59 Å². The molecular formula is C33H35N5O2. The molecule has 1 unspecified atom stereocenters. The predicted molar refractivity (Wildman–Crippen MR) is 160 cm³/mol. The SMILES string of the molecule is CC(NC(=O)Nc1cc(C(N)=O)ccc1N1CCN(C(c2ccccc2)c2ccccc2)CC1)c1ccccc1. The first-order valence-electron chi connectivity index (χ1n) is 13.6. The number of anilines is 2. The molecule has 0 aromatic heterocycles. The number of urea groups is 1. The smallest absolute Gasteiger partial charge is 0.319 e. The Balaban J connectivity index is 1.33. The third kappa shape index (κ3) is 6.33. The largest absolute Gasteiger partial charge is 0.367 e. The van der Waals surface area contributed by atoms with E-state index in [2.05, 4.69) is 69.0 Å². The fourth-order valence-electron chi connectivity index (χ4n) is 5.35. The highest BCUT2D eigenvalue weighted by atomic mass is 16.2. The van der Waals surface area contributed by atoms with Crippen LogP contribution in [0.4, 0.5) is 16.2 Å². The fraction of sp³-hybridized carbons (Fsp3) is 0.212. The molecule has 1 saturated heterocycles. The number of nitrogens with two attached hydrogens (primary N) is 1. The van der Waals surface area contributed by atoms with Gasteiger partial charge in [-0.1, -0.05) is 91.0 Å². The maximum Gasteiger partial charge on any atom is 0.319 e. The first-order chi connectivity index (χ1) is 19.5. The molecule has 0 radical (unpaired) electrons. The topological polar surface area (TPSA) is 90.7 Å². The maximum atomic E-state index is 13.0. The first-order valence-corrected chi connectivity index (χ1v) is 13.6. The van der Waals surface area contributed by atoms with Crippen molar-refractivity contribution in [1.29, 1.82) is 0 Å². The third-order valence-electron chi connectivity index (χ3n) is 7.43. The van der Waals surface area contributed by atoms with Gasteiger partial charge in [-0.3, -0.25) is 9.69 Å². The summed E-state index contributed by atoms with van der Waals surface area (Å²) in [4.78, 5) is 29.7. The minimum Gasteiger partial charge on any atom is -0.367 e. The quantitative estimate of drug-likeness (QED) is 0.276. The Labute approximate surface area is 235 Å². The van der Waals surface area contributed by atoms with Crippen molar-refractivity contribution in [3.63, 3.8) is 0 Å². The summed E-state index contributed by atoms with van der Waals surface area (Å²) in [5, 5.41) is 5.97. The molecule has 5 rings (SSSR count). The van der Waals surface area contributed by atoms with Crippen molar-refractivity contribution in [2.45, 2.75) is 19.0 Å². The number of nitrogens with one attached hydrogen (secondary N) is 2. The van der Waals surface area contributed by atoms with Gasteiger partial charge in [0, 0.05) is 31.7 Å². The van der Waals surface area contributed by atoms with Gasteiger partial charge in [0.05, 0.1) is 23.5 Å². The summed E-state index contributed by atoms with van der Waals surface area (Å²) < 4.78 is 0. The van der Waals surface area contributed by atoms with Gasteiger partial charge in [0.1, 0.15) is 0 Å². The predicted octanol–water partition coefficient (Wildman–Crippen LogP) is 5.58. The maximum absolute atomic E-state index is 13.0. The Bertz CT molecular complexity index is 1380. The van der Waals surface area contributed by atoms with Crippen molar-refractivity contribution in [3.8, 4) is 0 Å². The van der Waals surface area contributed by atoms with Gasteiger partial charge in [0.25, 0.3) is 0 Å². The van der Waals surface area contributed by atoms with E-state index in [-0.39, 0.29) is 18.1 Å². The molecule has 0 spiro atoms. The molecule has 7 heteroatoms. The zero-order chi connectivity index (χ0) is 27.9. The lowest BCUT2D eigenvalue weighted by Crippen LogP contribution is -2.48. The average Bonchev–Trinajstić information content (AvgIpc) is 2.99. The van der Waals surface area contributed by atoms with Crippen LogP contribution in [0.5, 0.6) is 0 Å². The number of hydrogen-bond acceptors (Lipinski definition) is 4. The van der Waals surface area contributed by atoms with Gasteiger partial charge in [0.15, 0.2) is 0 Å². The molecule has 0 aliphatic carbocycles. The lowest BCUT2D eigenvalue weighted by Gasteiger charge is -2.41. The third-order valence-corrected chi connectivity index (χ3v) is 7.43. The summed E-state index contributed by atoms with van der Waals surface area (Å²) in [6.45, 7) is 5.14. The number of carbonyl (C=O) groups excluding carboxylic acids is 2. The van der Waals surface area contributed by atoms with Crippen LogP contribution in [0, 0.1) is 0 Å². The molecule has 7 nitrogen and oxygen atoms in total. The lowest BCUT2D eigenvalue weighted by molar-refractivity contribution is 0.1000. The van der Waals surface area contributed by atoms with E-state index in [1.54, 1.807) is 12.1 Å². The number of rotatable bonds is 8. The molecule has 4 aromatic rings. The standard InChI is InChI=1S/C33H35N5O2/c1-24(25-11-5-2-6-12-25)35-33(40)36-29-23-28(32(34)39)17-18-30(29)37-19-21-38(22-20-37)31(26-13-7-3-8-14-26)27-15-9-4-10-16-27/h2-18,23-24,31H,19-22H2,1H3,(H2,34,39)(H2,35,36,40). The van der Waals surface area contributed by atoms with Crippen molar-refractivity contribution in [1.82, 2.24) is 10.2 Å². The van der Waals surface area contributed by atoms with Crippen molar-refractivity contribution in [3.05, 3.63) is 131 Å². The molecule has 0 saturated carbocycles. The van der Waals surface area contributed by atoms with Crippen LogP contribution in [0.1, 0.15) is 46.1 Å². The Hall–Kier alpha value is -4.62. The minimum atomic E-state index is -0.536. The van der Waals surface area contributed by atoms with Gasteiger partial charge >= 0.3 is 6.03 Å². The molecule has 0 bridgehead atoms. The highest BCUT2D eigenvalue weighted by Gasteiger charge is 2.27.